The molecule has 0 aliphatic rings. The number of para-hydroxylation sites is 1. The van der Waals surface area contributed by atoms with E-state index in [1.165, 1.54) is 16.2 Å². The van der Waals surface area contributed by atoms with Crippen LogP contribution in [0.2, 0.25) is 0 Å². The lowest BCUT2D eigenvalue weighted by Crippen LogP contribution is -2.39. The molecule has 0 atom stereocenters. The first-order chi connectivity index (χ1) is 15.0. The monoisotopic (exact) mass is 438 g/mol. The predicted molar refractivity (Wildman–Crippen MR) is 118 cm³/mol. The molecule has 8 heteroatoms. The highest BCUT2D eigenvalue weighted by Gasteiger charge is 2.22. The van der Waals surface area contributed by atoms with Crippen molar-refractivity contribution in [1.82, 2.24) is 4.98 Å². The molecule has 0 spiro atoms. The number of amides is 1. The summed E-state index contributed by atoms with van der Waals surface area (Å²) in [6.45, 7) is 3.09. The number of esters is 2. The number of carbonyl (C=O) groups excluding carboxylic acids is 3. The summed E-state index contributed by atoms with van der Waals surface area (Å²) in [5, 5.41) is 2.28. The summed E-state index contributed by atoms with van der Waals surface area (Å²) in [5.41, 5.74) is 2.66. The third kappa shape index (κ3) is 5.99. The molecule has 0 aliphatic carbocycles. The van der Waals surface area contributed by atoms with Crippen LogP contribution in [-0.2, 0) is 19.1 Å². The third-order valence-electron chi connectivity index (χ3n) is 4.30. The van der Waals surface area contributed by atoms with E-state index in [4.69, 9.17) is 9.47 Å². The lowest BCUT2D eigenvalue weighted by molar-refractivity contribution is -0.142. The number of rotatable bonds is 8. The van der Waals surface area contributed by atoms with Crippen LogP contribution >= 0.6 is 11.3 Å². The van der Waals surface area contributed by atoms with Gasteiger partial charge in [0.25, 0.3) is 5.91 Å². The van der Waals surface area contributed by atoms with Gasteiger partial charge in [-0.1, -0.05) is 48.0 Å². The molecule has 0 radical (unpaired) electrons. The molecule has 3 rings (SSSR count). The van der Waals surface area contributed by atoms with Crippen LogP contribution in [-0.4, -0.2) is 42.6 Å². The molecule has 0 saturated carbocycles. The molecular weight excluding hydrogens is 416 g/mol. The molecule has 2 aromatic carbocycles. The van der Waals surface area contributed by atoms with Crippen molar-refractivity contribution in [3.05, 3.63) is 71.2 Å². The van der Waals surface area contributed by atoms with Gasteiger partial charge in [-0.05, 0) is 26.0 Å². The third-order valence-corrected chi connectivity index (χ3v) is 5.19. The van der Waals surface area contributed by atoms with Crippen molar-refractivity contribution in [2.45, 2.75) is 13.8 Å². The van der Waals surface area contributed by atoms with Gasteiger partial charge in [-0.2, -0.15) is 0 Å². The van der Waals surface area contributed by atoms with Crippen molar-refractivity contribution in [3.8, 4) is 10.6 Å². The zero-order valence-electron chi connectivity index (χ0n) is 17.2. The number of anilines is 1. The van der Waals surface area contributed by atoms with Crippen molar-refractivity contribution >= 4 is 34.9 Å². The fourth-order valence-electron chi connectivity index (χ4n) is 2.74. The van der Waals surface area contributed by atoms with Crippen molar-refractivity contribution < 1.29 is 23.9 Å². The minimum absolute atomic E-state index is 0.130. The zero-order chi connectivity index (χ0) is 22.2. The number of nitrogens with zero attached hydrogens (tertiary/aromatic N) is 2. The minimum atomic E-state index is -0.702. The molecule has 0 fully saturated rings. The van der Waals surface area contributed by atoms with Crippen LogP contribution in [0.5, 0.6) is 0 Å². The summed E-state index contributed by atoms with van der Waals surface area (Å²) < 4.78 is 10.1. The number of carbonyl (C=O) groups is 3. The average molecular weight is 439 g/mol. The molecular formula is C23H22N2O5S. The predicted octanol–water partition coefficient (Wildman–Crippen LogP) is 3.87. The lowest BCUT2D eigenvalue weighted by atomic mass is 10.2. The fourth-order valence-corrected chi connectivity index (χ4v) is 3.54. The van der Waals surface area contributed by atoms with Gasteiger partial charge in [-0.25, -0.2) is 9.78 Å². The molecule has 31 heavy (non-hydrogen) atoms. The molecule has 0 unspecified atom stereocenters. The summed E-state index contributed by atoms with van der Waals surface area (Å²) in [4.78, 5) is 42.5. The Morgan fingerprint density at radius 3 is 2.39 bits per heavy atom. The van der Waals surface area contributed by atoms with Crippen LogP contribution in [0, 0.1) is 6.92 Å². The Morgan fingerprint density at radius 2 is 1.71 bits per heavy atom. The number of aryl methyl sites for hydroxylation is 1. The number of aromatic nitrogens is 1. The summed E-state index contributed by atoms with van der Waals surface area (Å²) in [7, 11) is 0. The second-order valence-electron chi connectivity index (χ2n) is 6.60. The Labute approximate surface area is 184 Å². The maximum atomic E-state index is 12.7. The average Bonchev–Trinajstić information content (AvgIpc) is 3.27. The van der Waals surface area contributed by atoms with E-state index in [0.717, 1.165) is 11.1 Å². The smallest absolute Gasteiger partial charge is 0.358 e. The molecule has 0 N–H and O–H groups in total. The number of benzene rings is 2. The van der Waals surface area contributed by atoms with Crippen molar-refractivity contribution in [3.63, 3.8) is 0 Å². The van der Waals surface area contributed by atoms with Crippen LogP contribution in [0.15, 0.2) is 60.0 Å². The molecule has 7 nitrogen and oxygen atoms in total. The molecule has 1 aromatic heterocycles. The van der Waals surface area contributed by atoms with Gasteiger partial charge in [0.2, 0.25) is 0 Å². The quantitative estimate of drug-likeness (QED) is 0.496. The Balaban J connectivity index is 1.65. The topological polar surface area (TPSA) is 85.8 Å². The van der Waals surface area contributed by atoms with E-state index in [0.29, 0.717) is 10.7 Å². The second kappa shape index (κ2) is 10.5. The van der Waals surface area contributed by atoms with Gasteiger partial charge in [-0.3, -0.25) is 14.5 Å². The van der Waals surface area contributed by atoms with E-state index in [-0.39, 0.29) is 18.8 Å². The molecule has 1 heterocycles. The number of ether oxygens (including phenoxy) is 2. The van der Waals surface area contributed by atoms with Gasteiger partial charge in [0.15, 0.2) is 12.3 Å². The summed E-state index contributed by atoms with van der Waals surface area (Å²) in [6, 6.07) is 16.5. The SMILES string of the molecule is CCOC(=O)CN(C(=O)COC(=O)c1csc(-c2ccc(C)cc2)n1)c1ccccc1. The molecule has 3 aromatic rings. The van der Waals surface area contributed by atoms with E-state index in [9.17, 15) is 14.4 Å². The highest BCUT2D eigenvalue weighted by Crippen LogP contribution is 2.24. The zero-order valence-corrected chi connectivity index (χ0v) is 18.1. The first-order valence-corrected chi connectivity index (χ1v) is 10.6. The largest absolute Gasteiger partial charge is 0.465 e. The second-order valence-corrected chi connectivity index (χ2v) is 7.46. The maximum absolute atomic E-state index is 12.7. The first-order valence-electron chi connectivity index (χ1n) is 9.68. The molecule has 0 saturated heterocycles. The summed E-state index contributed by atoms with van der Waals surface area (Å²) in [5.74, 6) is -1.79. The van der Waals surface area contributed by atoms with Crippen LogP contribution in [0.1, 0.15) is 23.0 Å². The minimum Gasteiger partial charge on any atom is -0.465 e. The Morgan fingerprint density at radius 1 is 1.00 bits per heavy atom. The number of thiazole rings is 1. The maximum Gasteiger partial charge on any atom is 0.358 e. The number of hydrogen-bond donors (Lipinski definition) is 0. The highest BCUT2D eigenvalue weighted by atomic mass is 32.1. The Bertz CT molecular complexity index is 1050. The van der Waals surface area contributed by atoms with Crippen molar-refractivity contribution in [1.29, 1.82) is 0 Å². The van der Waals surface area contributed by atoms with Crippen molar-refractivity contribution in [2.75, 3.05) is 24.7 Å². The first kappa shape index (κ1) is 22.2. The Kier molecular flexibility index (Phi) is 7.50. The molecule has 160 valence electrons. The van der Waals surface area contributed by atoms with Crippen LogP contribution < -0.4 is 4.90 Å². The Hall–Kier alpha value is -3.52. The van der Waals surface area contributed by atoms with Crippen LogP contribution in [0.4, 0.5) is 5.69 Å². The van der Waals surface area contributed by atoms with Crippen LogP contribution in [0.3, 0.4) is 0 Å². The van der Waals surface area contributed by atoms with Crippen LogP contribution in [0.25, 0.3) is 10.6 Å². The van der Waals surface area contributed by atoms with Gasteiger partial charge in [0, 0.05) is 16.6 Å². The normalized spacial score (nSPS) is 10.4. The van der Waals surface area contributed by atoms with Gasteiger partial charge >= 0.3 is 11.9 Å². The van der Waals surface area contributed by atoms with Gasteiger partial charge in [-0.15, -0.1) is 11.3 Å². The van der Waals surface area contributed by atoms with Gasteiger partial charge in [0.05, 0.1) is 6.61 Å². The van der Waals surface area contributed by atoms with E-state index >= 15 is 0 Å². The van der Waals surface area contributed by atoms with E-state index < -0.39 is 24.5 Å². The number of hydrogen-bond acceptors (Lipinski definition) is 7. The molecule has 0 aliphatic heterocycles. The highest BCUT2D eigenvalue weighted by molar-refractivity contribution is 7.13. The van der Waals surface area contributed by atoms with E-state index in [1.807, 2.05) is 31.2 Å². The summed E-state index contributed by atoms with van der Waals surface area (Å²) in [6.07, 6.45) is 0. The van der Waals surface area contributed by atoms with E-state index in [1.54, 1.807) is 42.6 Å². The standard InChI is InChI=1S/C23H22N2O5S/c1-3-29-21(27)13-25(18-7-5-4-6-8-18)20(26)14-30-23(28)19-15-31-22(24-19)17-11-9-16(2)10-12-17/h4-12,15H,3,13-14H2,1-2H3. The lowest BCUT2D eigenvalue weighted by Gasteiger charge is -2.21. The molecule has 0 bridgehead atoms. The van der Waals surface area contributed by atoms with E-state index in [2.05, 4.69) is 4.98 Å². The van der Waals surface area contributed by atoms with Gasteiger partial charge < -0.3 is 9.47 Å². The molecule has 1 amide bonds. The summed E-state index contributed by atoms with van der Waals surface area (Å²) >= 11 is 1.32. The van der Waals surface area contributed by atoms with Gasteiger partial charge in [0.1, 0.15) is 11.6 Å². The van der Waals surface area contributed by atoms with Crippen molar-refractivity contribution in [2.24, 2.45) is 0 Å². The fraction of sp³-hybridized carbons (Fsp3) is 0.217.